The zero-order valence-corrected chi connectivity index (χ0v) is 15.7. The molecule has 5 rings (SSSR count). The van der Waals surface area contributed by atoms with Crippen LogP contribution in [0.15, 0.2) is 55.0 Å². The first kappa shape index (κ1) is 17.5. The molecule has 144 valence electrons. The van der Waals surface area contributed by atoms with Crippen LogP contribution in [-0.2, 0) is 23.3 Å². The minimum atomic E-state index is -0.319. The van der Waals surface area contributed by atoms with Crippen molar-refractivity contribution in [1.29, 1.82) is 0 Å². The second kappa shape index (κ2) is 7.11. The molecule has 0 bridgehead atoms. The summed E-state index contributed by atoms with van der Waals surface area (Å²) in [7, 11) is 0. The Hall–Kier alpha value is -2.57. The van der Waals surface area contributed by atoms with Gasteiger partial charge >= 0.3 is 0 Å². The van der Waals surface area contributed by atoms with E-state index < -0.39 is 0 Å². The average Bonchev–Trinajstić information content (AvgIpc) is 3.18. The molecule has 2 aliphatic rings. The molecule has 0 aliphatic carbocycles. The molecule has 0 amide bonds. The standard InChI is InChI=1S/C22H23FN4O/c23-20-14-24-10-6-17(20)15-26-11-8-22(9-12-26)21-18(7-13-28-22)16-27(25-21)19-4-2-1-3-5-19/h1-6,10,14,16H,7-9,11-13,15H2. The van der Waals surface area contributed by atoms with E-state index in [1.165, 1.54) is 11.8 Å². The van der Waals surface area contributed by atoms with E-state index in [2.05, 4.69) is 28.2 Å². The summed E-state index contributed by atoms with van der Waals surface area (Å²) in [6, 6.07) is 12.0. The summed E-state index contributed by atoms with van der Waals surface area (Å²) >= 11 is 0. The number of pyridine rings is 1. The molecule has 4 heterocycles. The molecule has 28 heavy (non-hydrogen) atoms. The van der Waals surface area contributed by atoms with Crippen LogP contribution in [0.1, 0.15) is 29.7 Å². The molecule has 0 N–H and O–H groups in total. The van der Waals surface area contributed by atoms with Crippen molar-refractivity contribution in [1.82, 2.24) is 19.7 Å². The maximum absolute atomic E-state index is 13.9. The van der Waals surface area contributed by atoms with E-state index in [-0.39, 0.29) is 11.4 Å². The highest BCUT2D eigenvalue weighted by Gasteiger charge is 2.43. The van der Waals surface area contributed by atoms with Crippen LogP contribution in [0.2, 0.25) is 0 Å². The van der Waals surface area contributed by atoms with Crippen molar-refractivity contribution < 1.29 is 9.13 Å². The number of fused-ring (bicyclic) bond motifs is 2. The van der Waals surface area contributed by atoms with Gasteiger partial charge in [-0.1, -0.05) is 18.2 Å². The molecule has 6 heteroatoms. The van der Waals surface area contributed by atoms with Crippen molar-refractivity contribution in [2.24, 2.45) is 0 Å². The lowest BCUT2D eigenvalue weighted by Gasteiger charge is -2.43. The van der Waals surface area contributed by atoms with E-state index in [1.54, 1.807) is 12.3 Å². The Bertz CT molecular complexity index is 964. The van der Waals surface area contributed by atoms with Crippen molar-refractivity contribution in [3.05, 3.63) is 77.6 Å². The Labute approximate surface area is 163 Å². The third-order valence-corrected chi connectivity index (χ3v) is 5.91. The predicted molar refractivity (Wildman–Crippen MR) is 104 cm³/mol. The maximum atomic E-state index is 13.9. The number of hydrogen-bond donors (Lipinski definition) is 0. The topological polar surface area (TPSA) is 43.2 Å². The molecule has 1 fully saturated rings. The molecule has 1 saturated heterocycles. The van der Waals surface area contributed by atoms with E-state index in [0.717, 1.165) is 50.3 Å². The van der Waals surface area contributed by atoms with Crippen molar-refractivity contribution in [3.63, 3.8) is 0 Å². The fourth-order valence-corrected chi connectivity index (χ4v) is 4.34. The summed E-state index contributed by atoms with van der Waals surface area (Å²) in [5.74, 6) is -0.236. The minimum Gasteiger partial charge on any atom is -0.368 e. The SMILES string of the molecule is Fc1cnccc1CN1CCC2(CC1)OCCc1cn(-c3ccccc3)nc12. The molecule has 0 atom stereocenters. The summed E-state index contributed by atoms with van der Waals surface area (Å²) < 4.78 is 22.2. The smallest absolute Gasteiger partial charge is 0.145 e. The largest absolute Gasteiger partial charge is 0.368 e. The number of halogens is 1. The molecular formula is C22H23FN4O. The zero-order valence-electron chi connectivity index (χ0n) is 15.7. The van der Waals surface area contributed by atoms with Gasteiger partial charge in [0.05, 0.1) is 24.2 Å². The van der Waals surface area contributed by atoms with Gasteiger partial charge in [0.15, 0.2) is 0 Å². The fraction of sp³-hybridized carbons (Fsp3) is 0.364. The van der Waals surface area contributed by atoms with Crippen LogP contribution in [0.4, 0.5) is 4.39 Å². The number of nitrogens with zero attached hydrogens (tertiary/aromatic N) is 4. The highest BCUT2D eigenvalue weighted by molar-refractivity contribution is 5.35. The monoisotopic (exact) mass is 378 g/mol. The number of rotatable bonds is 3. The number of aromatic nitrogens is 3. The third-order valence-electron chi connectivity index (χ3n) is 5.91. The number of benzene rings is 1. The van der Waals surface area contributed by atoms with Crippen LogP contribution >= 0.6 is 0 Å². The van der Waals surface area contributed by atoms with Crippen LogP contribution in [-0.4, -0.2) is 39.4 Å². The highest BCUT2D eigenvalue weighted by Crippen LogP contribution is 2.41. The van der Waals surface area contributed by atoms with E-state index in [9.17, 15) is 4.39 Å². The molecule has 3 aromatic rings. The van der Waals surface area contributed by atoms with Crippen molar-refractivity contribution in [2.45, 2.75) is 31.4 Å². The van der Waals surface area contributed by atoms with Gasteiger partial charge in [-0.25, -0.2) is 9.07 Å². The molecule has 5 nitrogen and oxygen atoms in total. The number of ether oxygens (including phenoxy) is 1. The summed E-state index contributed by atoms with van der Waals surface area (Å²) in [6.45, 7) is 3.06. The first-order valence-electron chi connectivity index (χ1n) is 9.83. The van der Waals surface area contributed by atoms with E-state index >= 15 is 0 Å². The van der Waals surface area contributed by atoms with Gasteiger partial charge in [0.2, 0.25) is 0 Å². The first-order valence-corrected chi connectivity index (χ1v) is 9.83. The van der Waals surface area contributed by atoms with Crippen molar-refractivity contribution >= 4 is 0 Å². The normalized spacial score (nSPS) is 18.9. The van der Waals surface area contributed by atoms with E-state index in [1.807, 2.05) is 22.9 Å². The van der Waals surface area contributed by atoms with Crippen LogP contribution in [0, 0.1) is 5.82 Å². The fourth-order valence-electron chi connectivity index (χ4n) is 4.34. The van der Waals surface area contributed by atoms with Crippen LogP contribution in [0.3, 0.4) is 0 Å². The summed E-state index contributed by atoms with van der Waals surface area (Å²) in [4.78, 5) is 6.12. The lowest BCUT2D eigenvalue weighted by Crippen LogP contribution is -2.46. The molecule has 0 unspecified atom stereocenters. The van der Waals surface area contributed by atoms with E-state index in [4.69, 9.17) is 9.84 Å². The van der Waals surface area contributed by atoms with Gasteiger partial charge in [-0.2, -0.15) is 5.10 Å². The van der Waals surface area contributed by atoms with Gasteiger partial charge in [-0.3, -0.25) is 9.88 Å². The van der Waals surface area contributed by atoms with Gasteiger partial charge in [-0.15, -0.1) is 0 Å². The van der Waals surface area contributed by atoms with Crippen molar-refractivity contribution in [2.75, 3.05) is 19.7 Å². The highest BCUT2D eigenvalue weighted by atomic mass is 19.1. The number of piperidine rings is 1. The molecule has 1 spiro atoms. The number of para-hydroxylation sites is 1. The third kappa shape index (κ3) is 3.12. The molecule has 0 radical (unpaired) electrons. The van der Waals surface area contributed by atoms with Gasteiger partial charge in [0, 0.05) is 37.6 Å². The minimum absolute atomic E-state index is 0.236. The first-order chi connectivity index (χ1) is 13.7. The second-order valence-corrected chi connectivity index (χ2v) is 7.62. The Balaban J connectivity index is 1.35. The Morgan fingerprint density at radius 2 is 1.93 bits per heavy atom. The van der Waals surface area contributed by atoms with Gasteiger partial charge in [0.25, 0.3) is 0 Å². The second-order valence-electron chi connectivity index (χ2n) is 7.62. The predicted octanol–water partition coefficient (Wildman–Crippen LogP) is 3.47. The quantitative estimate of drug-likeness (QED) is 0.700. The molecular weight excluding hydrogens is 355 g/mol. The average molecular weight is 378 g/mol. The molecule has 2 aliphatic heterocycles. The van der Waals surface area contributed by atoms with Crippen LogP contribution in [0.5, 0.6) is 0 Å². The lowest BCUT2D eigenvalue weighted by molar-refractivity contribution is -0.102. The van der Waals surface area contributed by atoms with Gasteiger partial charge in [0.1, 0.15) is 11.4 Å². The summed E-state index contributed by atoms with van der Waals surface area (Å²) in [6.07, 6.45) is 7.73. The Kier molecular flexibility index (Phi) is 4.45. The summed E-state index contributed by atoms with van der Waals surface area (Å²) in [5.41, 5.74) is 3.81. The zero-order chi connectivity index (χ0) is 19.0. The number of hydrogen-bond acceptors (Lipinski definition) is 4. The molecule has 2 aromatic heterocycles. The molecule has 1 aromatic carbocycles. The van der Waals surface area contributed by atoms with Crippen LogP contribution in [0.25, 0.3) is 5.69 Å². The summed E-state index contributed by atoms with van der Waals surface area (Å²) in [5, 5.41) is 4.93. The lowest BCUT2D eigenvalue weighted by atomic mass is 9.83. The maximum Gasteiger partial charge on any atom is 0.145 e. The van der Waals surface area contributed by atoms with Crippen LogP contribution < -0.4 is 0 Å². The Morgan fingerprint density at radius 3 is 2.71 bits per heavy atom. The Morgan fingerprint density at radius 1 is 1.11 bits per heavy atom. The van der Waals surface area contributed by atoms with Gasteiger partial charge < -0.3 is 4.74 Å². The number of likely N-dealkylation sites (tertiary alicyclic amines) is 1. The van der Waals surface area contributed by atoms with Gasteiger partial charge in [-0.05, 0) is 43.0 Å². The van der Waals surface area contributed by atoms with E-state index in [0.29, 0.717) is 12.1 Å². The van der Waals surface area contributed by atoms with Crippen molar-refractivity contribution in [3.8, 4) is 5.69 Å². The molecule has 0 saturated carbocycles.